The van der Waals surface area contributed by atoms with Gasteiger partial charge in [0.25, 0.3) is 0 Å². The van der Waals surface area contributed by atoms with E-state index in [1.807, 2.05) is 0 Å². The van der Waals surface area contributed by atoms with E-state index >= 15 is 0 Å². The van der Waals surface area contributed by atoms with Crippen molar-refractivity contribution in [3.8, 4) is 0 Å². The van der Waals surface area contributed by atoms with Gasteiger partial charge < -0.3 is 10.6 Å². The van der Waals surface area contributed by atoms with Crippen LogP contribution in [0.5, 0.6) is 0 Å². The predicted octanol–water partition coefficient (Wildman–Crippen LogP) is 0.644. The Balaban J connectivity index is 1.65. The van der Waals surface area contributed by atoms with Crippen LogP contribution in [-0.2, 0) is 9.59 Å². The van der Waals surface area contributed by atoms with Crippen molar-refractivity contribution < 1.29 is 9.59 Å². The Bertz CT molecular complexity index is 393. The fourth-order valence-corrected chi connectivity index (χ4v) is 4.07. The summed E-state index contributed by atoms with van der Waals surface area (Å²) >= 11 is 0. The second kappa shape index (κ2) is 5.82. The van der Waals surface area contributed by atoms with Crippen molar-refractivity contribution in [1.82, 2.24) is 15.5 Å². The molecule has 0 aromatic carbocycles. The molecule has 2 N–H and O–H groups in total. The largest absolute Gasteiger partial charge is 0.314 e. The molecule has 3 fully saturated rings. The molecule has 2 saturated heterocycles. The van der Waals surface area contributed by atoms with E-state index in [1.54, 1.807) is 7.05 Å². The van der Waals surface area contributed by atoms with E-state index in [1.165, 1.54) is 37.0 Å². The Morgan fingerprint density at radius 3 is 2.60 bits per heavy atom. The Labute approximate surface area is 120 Å². The zero-order chi connectivity index (χ0) is 14.1. The van der Waals surface area contributed by atoms with E-state index in [4.69, 9.17) is 0 Å². The van der Waals surface area contributed by atoms with E-state index in [0.29, 0.717) is 24.4 Å². The molecule has 5 nitrogen and oxygen atoms in total. The van der Waals surface area contributed by atoms with Crippen LogP contribution in [-0.4, -0.2) is 48.4 Å². The van der Waals surface area contributed by atoms with Gasteiger partial charge in [0, 0.05) is 19.1 Å². The van der Waals surface area contributed by atoms with E-state index in [0.717, 1.165) is 13.0 Å². The van der Waals surface area contributed by atoms with Gasteiger partial charge >= 0.3 is 0 Å². The average molecular weight is 279 g/mol. The molecule has 0 aromatic heterocycles. The van der Waals surface area contributed by atoms with Crippen LogP contribution >= 0.6 is 0 Å². The van der Waals surface area contributed by atoms with Gasteiger partial charge in [0.15, 0.2) is 0 Å². The first-order valence-corrected chi connectivity index (χ1v) is 7.96. The summed E-state index contributed by atoms with van der Waals surface area (Å²) in [4.78, 5) is 24.9. The smallest absolute Gasteiger partial charge is 0.246 e. The summed E-state index contributed by atoms with van der Waals surface area (Å²) in [6, 6.07) is 0.685. The van der Waals surface area contributed by atoms with Crippen LogP contribution in [0.4, 0.5) is 0 Å². The maximum atomic E-state index is 12.0. The molecule has 3 aliphatic rings. The average Bonchev–Trinajstić information content (AvgIpc) is 3.06. The number of nitrogens with one attached hydrogen (secondary N) is 2. The highest BCUT2D eigenvalue weighted by atomic mass is 16.2. The quantitative estimate of drug-likeness (QED) is 0.745. The number of amides is 2. The summed E-state index contributed by atoms with van der Waals surface area (Å²) in [5, 5.41) is 7.11. The van der Waals surface area contributed by atoms with Crippen LogP contribution in [0.1, 0.15) is 44.9 Å². The van der Waals surface area contributed by atoms with Gasteiger partial charge in [-0.3, -0.25) is 14.5 Å². The fourth-order valence-electron chi connectivity index (χ4n) is 4.07. The highest BCUT2D eigenvalue weighted by Crippen LogP contribution is 2.31. The van der Waals surface area contributed by atoms with Crippen LogP contribution in [0.3, 0.4) is 0 Å². The highest BCUT2D eigenvalue weighted by Gasteiger charge is 2.40. The molecule has 20 heavy (non-hydrogen) atoms. The summed E-state index contributed by atoms with van der Waals surface area (Å²) in [5.74, 6) is 0.498. The molecular formula is C15H25N3O2. The molecule has 2 amide bonds. The van der Waals surface area contributed by atoms with Crippen LogP contribution in [0.25, 0.3) is 0 Å². The molecule has 0 spiro atoms. The number of carbonyl (C=O) groups is 2. The van der Waals surface area contributed by atoms with Gasteiger partial charge in [0.05, 0.1) is 12.5 Å². The molecule has 2 heterocycles. The zero-order valence-electron chi connectivity index (χ0n) is 12.2. The van der Waals surface area contributed by atoms with Gasteiger partial charge in [0.1, 0.15) is 0 Å². The molecule has 3 rings (SSSR count). The van der Waals surface area contributed by atoms with Gasteiger partial charge in [-0.15, -0.1) is 0 Å². The SMILES string of the molecule is CN1C(=O)CC(NC2CCCCC2C2CCCN2)C1=O. The van der Waals surface area contributed by atoms with E-state index < -0.39 is 0 Å². The normalized spacial score (nSPS) is 38.8. The molecule has 112 valence electrons. The first kappa shape index (κ1) is 14.0. The molecule has 2 aliphatic heterocycles. The Morgan fingerprint density at radius 2 is 1.95 bits per heavy atom. The fraction of sp³-hybridized carbons (Fsp3) is 0.867. The first-order chi connectivity index (χ1) is 9.66. The third-order valence-corrected chi connectivity index (χ3v) is 5.23. The van der Waals surface area contributed by atoms with Crippen molar-refractivity contribution in [2.45, 2.75) is 63.1 Å². The Hall–Kier alpha value is -0.940. The van der Waals surface area contributed by atoms with Gasteiger partial charge in [0.2, 0.25) is 11.8 Å². The van der Waals surface area contributed by atoms with Crippen molar-refractivity contribution in [2.75, 3.05) is 13.6 Å². The minimum absolute atomic E-state index is 0.0566. The third kappa shape index (κ3) is 2.61. The molecular weight excluding hydrogens is 254 g/mol. The highest BCUT2D eigenvalue weighted by molar-refractivity contribution is 6.05. The molecule has 1 saturated carbocycles. The van der Waals surface area contributed by atoms with Crippen molar-refractivity contribution in [3.05, 3.63) is 0 Å². The topological polar surface area (TPSA) is 61.4 Å². The van der Waals surface area contributed by atoms with Crippen LogP contribution in [0, 0.1) is 5.92 Å². The van der Waals surface area contributed by atoms with Gasteiger partial charge in [-0.1, -0.05) is 12.8 Å². The number of rotatable bonds is 3. The van der Waals surface area contributed by atoms with Gasteiger partial charge in [-0.2, -0.15) is 0 Å². The lowest BCUT2D eigenvalue weighted by molar-refractivity contribution is -0.137. The maximum Gasteiger partial charge on any atom is 0.246 e. The van der Waals surface area contributed by atoms with Crippen LogP contribution < -0.4 is 10.6 Å². The van der Waals surface area contributed by atoms with Gasteiger partial charge in [-0.05, 0) is 38.1 Å². The molecule has 4 unspecified atom stereocenters. The second-order valence-corrected chi connectivity index (χ2v) is 6.47. The lowest BCUT2D eigenvalue weighted by atomic mass is 9.79. The van der Waals surface area contributed by atoms with E-state index in [-0.39, 0.29) is 17.9 Å². The number of hydrogen-bond donors (Lipinski definition) is 2. The zero-order valence-corrected chi connectivity index (χ0v) is 12.2. The van der Waals surface area contributed by atoms with Crippen molar-refractivity contribution in [1.29, 1.82) is 0 Å². The minimum atomic E-state index is -0.292. The lowest BCUT2D eigenvalue weighted by Gasteiger charge is -2.37. The summed E-state index contributed by atoms with van der Waals surface area (Å²) in [5.41, 5.74) is 0. The summed E-state index contributed by atoms with van der Waals surface area (Å²) < 4.78 is 0. The maximum absolute atomic E-state index is 12.0. The van der Waals surface area contributed by atoms with Crippen molar-refractivity contribution in [3.63, 3.8) is 0 Å². The van der Waals surface area contributed by atoms with E-state index in [9.17, 15) is 9.59 Å². The van der Waals surface area contributed by atoms with E-state index in [2.05, 4.69) is 10.6 Å². The summed E-state index contributed by atoms with van der Waals surface area (Å²) in [6.07, 6.45) is 7.73. The number of carbonyl (C=O) groups excluding carboxylic acids is 2. The number of likely N-dealkylation sites (N-methyl/N-ethyl adjacent to an activating group) is 1. The third-order valence-electron chi connectivity index (χ3n) is 5.23. The molecule has 0 aromatic rings. The lowest BCUT2D eigenvalue weighted by Crippen LogP contribution is -2.51. The van der Waals surface area contributed by atoms with Gasteiger partial charge in [-0.25, -0.2) is 0 Å². The number of likely N-dealkylation sites (tertiary alicyclic amines) is 1. The standard InChI is InChI=1S/C15H25N3O2/c1-18-14(19)9-13(15(18)20)17-12-6-3-2-5-10(12)11-7-4-8-16-11/h10-13,16-17H,2-9H2,1H3. The Kier molecular flexibility index (Phi) is 4.08. The second-order valence-electron chi connectivity index (χ2n) is 6.47. The summed E-state index contributed by atoms with van der Waals surface area (Å²) in [6.45, 7) is 1.12. The number of hydrogen-bond acceptors (Lipinski definition) is 4. The van der Waals surface area contributed by atoms with Crippen molar-refractivity contribution in [2.24, 2.45) is 5.92 Å². The molecule has 5 heteroatoms. The molecule has 1 aliphatic carbocycles. The predicted molar refractivity (Wildman–Crippen MR) is 76.1 cm³/mol. The monoisotopic (exact) mass is 279 g/mol. The molecule has 4 atom stereocenters. The number of imide groups is 1. The van der Waals surface area contributed by atoms with Crippen molar-refractivity contribution >= 4 is 11.8 Å². The molecule has 0 radical (unpaired) electrons. The minimum Gasteiger partial charge on any atom is -0.314 e. The summed E-state index contributed by atoms with van der Waals surface area (Å²) in [7, 11) is 1.59. The van der Waals surface area contributed by atoms with Crippen LogP contribution in [0.2, 0.25) is 0 Å². The molecule has 0 bridgehead atoms. The number of nitrogens with zero attached hydrogens (tertiary/aromatic N) is 1. The first-order valence-electron chi connectivity index (χ1n) is 7.96. The van der Waals surface area contributed by atoms with Crippen LogP contribution in [0.15, 0.2) is 0 Å². The Morgan fingerprint density at radius 1 is 1.15 bits per heavy atom.